The average molecular weight is 223 g/mol. The van der Waals surface area contributed by atoms with Gasteiger partial charge in [-0.2, -0.15) is 0 Å². The summed E-state index contributed by atoms with van der Waals surface area (Å²) in [6.07, 6.45) is 0. The lowest BCUT2D eigenvalue weighted by Crippen LogP contribution is -2.10. The summed E-state index contributed by atoms with van der Waals surface area (Å²) in [6, 6.07) is 9.62. The molecule has 78 valence electrons. The molecule has 0 radical (unpaired) electrons. The zero-order valence-corrected chi connectivity index (χ0v) is 8.87. The largest absolute Gasteiger partial charge is 0.489 e. The fourth-order valence-corrected chi connectivity index (χ4v) is 1.54. The van der Waals surface area contributed by atoms with E-state index in [1.54, 1.807) is 0 Å². The highest BCUT2D eigenvalue weighted by atomic mass is 35.5. The van der Waals surface area contributed by atoms with Crippen LogP contribution in [0.4, 0.5) is 0 Å². The van der Waals surface area contributed by atoms with Gasteiger partial charge in [-0.3, -0.25) is 0 Å². The molecule has 3 nitrogen and oxygen atoms in total. The molecule has 2 N–H and O–H groups in total. The van der Waals surface area contributed by atoms with Gasteiger partial charge in [0.25, 0.3) is 0 Å². The number of rotatable bonds is 3. The van der Waals surface area contributed by atoms with Gasteiger partial charge in [-0.05, 0) is 12.1 Å². The third-order valence-electron chi connectivity index (χ3n) is 2.02. The number of pyridine rings is 1. The highest BCUT2D eigenvalue weighted by Crippen LogP contribution is 2.26. The first kappa shape index (κ1) is 10.2. The molecular weight excluding hydrogens is 212 g/mol. The van der Waals surface area contributed by atoms with Crippen molar-refractivity contribution in [1.29, 1.82) is 0 Å². The van der Waals surface area contributed by atoms with Crippen molar-refractivity contribution in [3.05, 3.63) is 35.5 Å². The molecule has 1 aromatic heterocycles. The molecule has 2 rings (SSSR count). The third kappa shape index (κ3) is 2.19. The van der Waals surface area contributed by atoms with Crippen LogP contribution < -0.4 is 10.5 Å². The van der Waals surface area contributed by atoms with Crippen molar-refractivity contribution < 1.29 is 4.74 Å². The SMILES string of the molecule is NCCOc1cc2ccccc2nc1Cl. The monoisotopic (exact) mass is 222 g/mol. The number of aromatic nitrogens is 1. The maximum Gasteiger partial charge on any atom is 0.171 e. The van der Waals surface area contributed by atoms with Crippen LogP contribution in [0, 0.1) is 0 Å². The van der Waals surface area contributed by atoms with Crippen molar-refractivity contribution in [1.82, 2.24) is 4.98 Å². The Bertz CT molecular complexity index is 473. The Morgan fingerprint density at radius 3 is 2.93 bits per heavy atom. The van der Waals surface area contributed by atoms with Gasteiger partial charge in [0.1, 0.15) is 6.61 Å². The maximum absolute atomic E-state index is 5.96. The lowest BCUT2D eigenvalue weighted by atomic mass is 10.2. The van der Waals surface area contributed by atoms with E-state index in [-0.39, 0.29) is 0 Å². The first-order valence-electron chi connectivity index (χ1n) is 4.69. The quantitative estimate of drug-likeness (QED) is 0.811. The molecule has 0 saturated heterocycles. The van der Waals surface area contributed by atoms with Gasteiger partial charge in [-0.25, -0.2) is 4.98 Å². The summed E-state index contributed by atoms with van der Waals surface area (Å²) in [4.78, 5) is 4.23. The Morgan fingerprint density at radius 2 is 2.13 bits per heavy atom. The minimum absolute atomic E-state index is 0.377. The van der Waals surface area contributed by atoms with E-state index in [9.17, 15) is 0 Å². The van der Waals surface area contributed by atoms with E-state index in [4.69, 9.17) is 22.1 Å². The van der Waals surface area contributed by atoms with Crippen LogP contribution in [0.1, 0.15) is 0 Å². The Kier molecular flexibility index (Phi) is 3.04. The van der Waals surface area contributed by atoms with E-state index in [1.165, 1.54) is 0 Å². The first-order valence-corrected chi connectivity index (χ1v) is 5.07. The van der Waals surface area contributed by atoms with Crippen LogP contribution >= 0.6 is 11.6 Å². The van der Waals surface area contributed by atoms with Gasteiger partial charge in [-0.1, -0.05) is 29.8 Å². The number of halogens is 1. The third-order valence-corrected chi connectivity index (χ3v) is 2.29. The molecular formula is C11H11ClN2O. The van der Waals surface area contributed by atoms with E-state index in [2.05, 4.69) is 4.98 Å². The fraction of sp³-hybridized carbons (Fsp3) is 0.182. The molecule has 0 unspecified atom stereocenters. The van der Waals surface area contributed by atoms with Gasteiger partial charge in [0, 0.05) is 11.9 Å². The molecule has 0 bridgehead atoms. The van der Waals surface area contributed by atoms with Gasteiger partial charge >= 0.3 is 0 Å². The molecule has 0 aliphatic heterocycles. The second kappa shape index (κ2) is 4.47. The number of ether oxygens (including phenoxy) is 1. The smallest absolute Gasteiger partial charge is 0.171 e. The lowest BCUT2D eigenvalue weighted by Gasteiger charge is -2.07. The molecule has 1 heterocycles. The van der Waals surface area contributed by atoms with Crippen LogP contribution in [0.2, 0.25) is 5.15 Å². The molecule has 0 aliphatic rings. The zero-order chi connectivity index (χ0) is 10.7. The number of hydrogen-bond acceptors (Lipinski definition) is 3. The Labute approximate surface area is 92.8 Å². The molecule has 15 heavy (non-hydrogen) atoms. The van der Waals surface area contributed by atoms with Crippen molar-refractivity contribution in [3.63, 3.8) is 0 Å². The van der Waals surface area contributed by atoms with Gasteiger partial charge in [0.2, 0.25) is 0 Å². The molecule has 0 aliphatic carbocycles. The van der Waals surface area contributed by atoms with Crippen molar-refractivity contribution in [2.24, 2.45) is 5.73 Å². The summed E-state index contributed by atoms with van der Waals surface area (Å²) in [5, 5.41) is 1.39. The molecule has 0 atom stereocenters. The summed E-state index contributed by atoms with van der Waals surface area (Å²) >= 11 is 5.96. The second-order valence-corrected chi connectivity index (χ2v) is 3.47. The molecule has 0 spiro atoms. The predicted octanol–water partition coefficient (Wildman–Crippen LogP) is 2.23. The van der Waals surface area contributed by atoms with E-state index < -0.39 is 0 Å². The van der Waals surface area contributed by atoms with E-state index in [0.29, 0.717) is 24.1 Å². The topological polar surface area (TPSA) is 48.1 Å². The van der Waals surface area contributed by atoms with Crippen LogP contribution in [0.3, 0.4) is 0 Å². The van der Waals surface area contributed by atoms with Crippen molar-refractivity contribution in [3.8, 4) is 5.75 Å². The van der Waals surface area contributed by atoms with E-state index in [1.807, 2.05) is 30.3 Å². The molecule has 0 fully saturated rings. The minimum atomic E-state index is 0.377. The molecule has 1 aromatic carbocycles. The Balaban J connectivity index is 2.43. The normalized spacial score (nSPS) is 10.5. The number of para-hydroxylation sites is 1. The highest BCUT2D eigenvalue weighted by Gasteiger charge is 2.04. The first-order chi connectivity index (χ1) is 7.31. The van der Waals surface area contributed by atoms with Crippen molar-refractivity contribution >= 4 is 22.5 Å². The van der Waals surface area contributed by atoms with Crippen LogP contribution in [0.5, 0.6) is 5.75 Å². The number of hydrogen-bond donors (Lipinski definition) is 1. The van der Waals surface area contributed by atoms with Crippen molar-refractivity contribution in [2.45, 2.75) is 0 Å². The van der Waals surface area contributed by atoms with Crippen LogP contribution in [0.25, 0.3) is 10.9 Å². The predicted molar refractivity (Wildman–Crippen MR) is 61.3 cm³/mol. The van der Waals surface area contributed by atoms with E-state index >= 15 is 0 Å². The van der Waals surface area contributed by atoms with Gasteiger partial charge in [-0.15, -0.1) is 0 Å². The average Bonchev–Trinajstić information content (AvgIpc) is 2.26. The van der Waals surface area contributed by atoms with Crippen LogP contribution in [-0.2, 0) is 0 Å². The summed E-state index contributed by atoms with van der Waals surface area (Å²) in [5.41, 5.74) is 6.21. The summed E-state index contributed by atoms with van der Waals surface area (Å²) in [7, 11) is 0. The molecule has 2 aromatic rings. The maximum atomic E-state index is 5.96. The van der Waals surface area contributed by atoms with Crippen LogP contribution in [0.15, 0.2) is 30.3 Å². The Hall–Kier alpha value is -1.32. The number of nitrogens with two attached hydrogens (primary N) is 1. The zero-order valence-electron chi connectivity index (χ0n) is 8.11. The molecule has 0 saturated carbocycles. The number of nitrogens with zero attached hydrogens (tertiary/aromatic N) is 1. The summed E-state index contributed by atoms with van der Waals surface area (Å²) < 4.78 is 5.37. The summed E-state index contributed by atoms with van der Waals surface area (Å²) in [5.74, 6) is 0.584. The lowest BCUT2D eigenvalue weighted by molar-refractivity contribution is 0.328. The van der Waals surface area contributed by atoms with E-state index in [0.717, 1.165) is 10.9 Å². The molecule has 4 heteroatoms. The Morgan fingerprint density at radius 1 is 1.33 bits per heavy atom. The van der Waals surface area contributed by atoms with Gasteiger partial charge < -0.3 is 10.5 Å². The number of benzene rings is 1. The fourth-order valence-electron chi connectivity index (χ4n) is 1.34. The summed E-state index contributed by atoms with van der Waals surface area (Å²) in [6.45, 7) is 0.906. The second-order valence-electron chi connectivity index (χ2n) is 3.11. The number of fused-ring (bicyclic) bond motifs is 1. The van der Waals surface area contributed by atoms with Gasteiger partial charge in [0.15, 0.2) is 10.9 Å². The minimum Gasteiger partial charge on any atom is -0.489 e. The van der Waals surface area contributed by atoms with Crippen LogP contribution in [-0.4, -0.2) is 18.1 Å². The van der Waals surface area contributed by atoms with Gasteiger partial charge in [0.05, 0.1) is 5.52 Å². The van der Waals surface area contributed by atoms with Crippen molar-refractivity contribution in [2.75, 3.05) is 13.2 Å². The molecule has 0 amide bonds. The standard InChI is InChI=1S/C11H11ClN2O/c12-11-10(15-6-5-13)7-8-3-1-2-4-9(8)14-11/h1-4,7H,5-6,13H2. The highest BCUT2D eigenvalue weighted by molar-refractivity contribution is 6.31.